The second-order valence-corrected chi connectivity index (χ2v) is 3.51. The van der Waals surface area contributed by atoms with Crippen LogP contribution in [-0.2, 0) is 4.79 Å². The average Bonchev–Trinajstić information content (AvgIpc) is 2.00. The maximum atomic E-state index is 8.89. The third-order valence-corrected chi connectivity index (χ3v) is 1.53. The number of aliphatic carboxylic acids is 1. The van der Waals surface area contributed by atoms with Crippen molar-refractivity contribution in [3.8, 4) is 6.07 Å². The fourth-order valence-corrected chi connectivity index (χ4v) is 0.735. The van der Waals surface area contributed by atoms with E-state index in [9.17, 15) is 0 Å². The second kappa shape index (κ2) is 11.4. The molecule has 90 valence electrons. The smallest absolute Gasteiger partial charge is 0.102 e. The third kappa shape index (κ3) is 24.7. The topological polar surface area (TPSA) is 84.2 Å². The number of rotatable bonds is 4. The van der Waals surface area contributed by atoms with Crippen molar-refractivity contribution in [3.05, 3.63) is 0 Å². The summed E-state index contributed by atoms with van der Waals surface area (Å²) >= 11 is 0. The first-order chi connectivity index (χ1) is 6.35. The van der Waals surface area contributed by atoms with Gasteiger partial charge in [0.2, 0.25) is 0 Å². The summed E-state index contributed by atoms with van der Waals surface area (Å²) in [6.45, 7) is 2.71. The second-order valence-electron chi connectivity index (χ2n) is 3.51. The van der Waals surface area contributed by atoms with E-state index in [1.54, 1.807) is 0 Å². The highest BCUT2D eigenvalue weighted by atomic mass is 79.9. The van der Waals surface area contributed by atoms with Crippen molar-refractivity contribution in [1.82, 2.24) is 0 Å². The Morgan fingerprint density at radius 2 is 1.87 bits per heavy atom. The number of halogens is 1. The molecule has 0 aliphatic heterocycles. The molecular weight excluding hydrogens is 264 g/mol. The van der Waals surface area contributed by atoms with Crippen molar-refractivity contribution in [1.29, 1.82) is 5.26 Å². The van der Waals surface area contributed by atoms with Gasteiger partial charge in [0, 0.05) is 5.97 Å². The zero-order valence-corrected chi connectivity index (χ0v) is 11.1. The molecule has 0 heterocycles. The van der Waals surface area contributed by atoms with Crippen molar-refractivity contribution >= 4 is 23.0 Å². The quantitative estimate of drug-likeness (QED) is 0.692. The number of carbonyl (C=O) groups is 1. The minimum atomic E-state index is -1.08. The van der Waals surface area contributed by atoms with Crippen LogP contribution in [0.15, 0.2) is 0 Å². The van der Waals surface area contributed by atoms with Crippen LogP contribution in [0.1, 0.15) is 13.3 Å². The fraction of sp³-hybridized carbons (Fsp3) is 0.778. The number of carboxylic acid groups (broad SMARTS) is 1. The highest BCUT2D eigenvalue weighted by Crippen LogP contribution is 1.96. The van der Waals surface area contributed by atoms with E-state index >= 15 is 0 Å². The highest BCUT2D eigenvalue weighted by molar-refractivity contribution is 8.93. The number of hydrogen-bond acceptors (Lipinski definition) is 4. The van der Waals surface area contributed by atoms with E-state index in [0.717, 1.165) is 24.5 Å². The Balaban J connectivity index is -0.000000249. The summed E-state index contributed by atoms with van der Waals surface area (Å²) in [6, 6.07) is 2.08. The van der Waals surface area contributed by atoms with Crippen LogP contribution >= 0.6 is 17.0 Å². The summed E-state index contributed by atoms with van der Waals surface area (Å²) in [6.07, 6.45) is 0.562. The number of aliphatic hydroxyl groups excluding tert-OH is 1. The molecule has 0 saturated heterocycles. The number of nitrogens with zero attached hydrogens (tertiary/aromatic N) is 2. The van der Waals surface area contributed by atoms with Crippen LogP contribution in [-0.4, -0.2) is 49.4 Å². The molecule has 0 aromatic rings. The van der Waals surface area contributed by atoms with Gasteiger partial charge in [0.25, 0.3) is 0 Å². The van der Waals surface area contributed by atoms with Crippen LogP contribution in [0, 0.1) is 11.3 Å². The monoisotopic (exact) mass is 282 g/mol. The van der Waals surface area contributed by atoms with Crippen molar-refractivity contribution in [3.63, 3.8) is 0 Å². The van der Waals surface area contributed by atoms with Crippen molar-refractivity contribution < 1.29 is 19.5 Å². The third-order valence-electron chi connectivity index (χ3n) is 1.53. The predicted octanol–water partition coefficient (Wildman–Crippen LogP) is -0.697. The van der Waals surface area contributed by atoms with Crippen molar-refractivity contribution in [2.24, 2.45) is 0 Å². The molecule has 0 spiro atoms. The predicted molar refractivity (Wildman–Crippen MR) is 60.2 cm³/mol. The molecule has 0 amide bonds. The Kier molecular flexibility index (Phi) is 15.1. The van der Waals surface area contributed by atoms with Gasteiger partial charge in [-0.2, -0.15) is 5.26 Å². The van der Waals surface area contributed by atoms with Crippen LogP contribution in [0.3, 0.4) is 0 Å². The lowest BCUT2D eigenvalue weighted by Gasteiger charge is -2.27. The molecule has 0 radical (unpaired) electrons. The van der Waals surface area contributed by atoms with Gasteiger partial charge in [-0.25, -0.2) is 0 Å². The normalized spacial score (nSPS) is 9.00. The minimum Gasteiger partial charge on any atom is -0.550 e. The number of nitriles is 1. The van der Waals surface area contributed by atoms with Gasteiger partial charge >= 0.3 is 0 Å². The zero-order valence-electron chi connectivity index (χ0n) is 9.39. The van der Waals surface area contributed by atoms with Crippen LogP contribution in [0.25, 0.3) is 0 Å². The van der Waals surface area contributed by atoms with Gasteiger partial charge in [0.05, 0.1) is 39.7 Å². The van der Waals surface area contributed by atoms with Crippen molar-refractivity contribution in [2.45, 2.75) is 13.3 Å². The SMILES string of the molecule is Br.CC(=O)[O-].C[N+](C)(CCO)CCC#N. The molecule has 0 saturated carbocycles. The Morgan fingerprint density at radius 3 is 2.13 bits per heavy atom. The first kappa shape index (κ1) is 19.9. The number of likely N-dealkylation sites (N-methyl/N-ethyl adjacent to an activating group) is 1. The van der Waals surface area contributed by atoms with Gasteiger partial charge in [0.15, 0.2) is 0 Å². The molecule has 0 aliphatic carbocycles. The first-order valence-corrected chi connectivity index (χ1v) is 4.33. The fourth-order valence-electron chi connectivity index (χ4n) is 0.735. The molecule has 0 fully saturated rings. The number of carboxylic acids is 1. The number of carbonyl (C=O) groups excluding carboxylic acids is 1. The van der Waals surface area contributed by atoms with E-state index in [2.05, 4.69) is 6.07 Å². The maximum absolute atomic E-state index is 8.89. The highest BCUT2D eigenvalue weighted by Gasteiger charge is 2.12. The number of quaternary nitrogens is 1. The maximum Gasteiger partial charge on any atom is 0.102 e. The standard InChI is InChI=1S/C7H15N2O.C2H4O2.BrH/c1-9(2,6-7-10)5-3-4-8;1-2(3)4;/h10H,3,5-7H2,1-2H3;1H3,(H,3,4);1H/q+1;;/p-1. The van der Waals surface area contributed by atoms with E-state index in [1.807, 2.05) is 14.1 Å². The van der Waals surface area contributed by atoms with E-state index in [4.69, 9.17) is 20.3 Å². The van der Waals surface area contributed by atoms with Gasteiger partial charge in [-0.3, -0.25) is 0 Å². The van der Waals surface area contributed by atoms with E-state index in [1.165, 1.54) is 0 Å². The summed E-state index contributed by atoms with van der Waals surface area (Å²) in [4.78, 5) is 8.89. The summed E-state index contributed by atoms with van der Waals surface area (Å²) in [5, 5.41) is 25.8. The van der Waals surface area contributed by atoms with Gasteiger partial charge in [-0.05, 0) is 6.92 Å². The molecule has 0 aliphatic rings. The van der Waals surface area contributed by atoms with Gasteiger partial charge in [0.1, 0.15) is 6.54 Å². The molecule has 5 nitrogen and oxygen atoms in total. The van der Waals surface area contributed by atoms with Crippen LogP contribution in [0.4, 0.5) is 0 Å². The molecule has 0 rings (SSSR count). The lowest BCUT2D eigenvalue weighted by molar-refractivity contribution is -0.890. The summed E-state index contributed by atoms with van der Waals surface area (Å²) in [5.74, 6) is -1.08. The number of hydrogen-bond donors (Lipinski definition) is 1. The van der Waals surface area contributed by atoms with Gasteiger partial charge in [-0.15, -0.1) is 17.0 Å². The Morgan fingerprint density at radius 1 is 1.47 bits per heavy atom. The van der Waals surface area contributed by atoms with Crippen molar-refractivity contribution in [2.75, 3.05) is 33.8 Å². The van der Waals surface area contributed by atoms with E-state index in [0.29, 0.717) is 6.42 Å². The molecule has 15 heavy (non-hydrogen) atoms. The van der Waals surface area contributed by atoms with E-state index < -0.39 is 5.97 Å². The summed E-state index contributed by atoms with van der Waals surface area (Å²) in [5.41, 5.74) is 0. The Labute approximate surface area is 101 Å². The average molecular weight is 283 g/mol. The molecule has 6 heteroatoms. The Hall–Kier alpha value is -0.640. The van der Waals surface area contributed by atoms with E-state index in [-0.39, 0.29) is 23.6 Å². The largest absolute Gasteiger partial charge is 0.550 e. The summed E-state index contributed by atoms with van der Waals surface area (Å²) in [7, 11) is 4.01. The lowest BCUT2D eigenvalue weighted by atomic mass is 10.3. The molecular formula is C9H19BrN2O3. The molecule has 0 atom stereocenters. The summed E-state index contributed by atoms with van der Waals surface area (Å²) < 4.78 is 0.726. The zero-order chi connectivity index (χ0) is 11.6. The molecule has 0 bridgehead atoms. The first-order valence-electron chi connectivity index (χ1n) is 4.33. The molecule has 0 unspecified atom stereocenters. The van der Waals surface area contributed by atoms with Gasteiger partial charge in [-0.1, -0.05) is 0 Å². The Bertz CT molecular complexity index is 198. The van der Waals surface area contributed by atoms with Crippen LogP contribution in [0.2, 0.25) is 0 Å². The molecule has 0 aromatic heterocycles. The van der Waals surface area contributed by atoms with Crippen LogP contribution in [0.5, 0.6) is 0 Å². The number of aliphatic hydroxyl groups is 1. The molecule has 1 N–H and O–H groups in total. The molecule has 0 aromatic carbocycles. The van der Waals surface area contributed by atoms with Crippen LogP contribution < -0.4 is 5.11 Å². The van der Waals surface area contributed by atoms with Gasteiger partial charge < -0.3 is 19.5 Å². The lowest BCUT2D eigenvalue weighted by Crippen LogP contribution is -2.42. The minimum absolute atomic E-state index is 0.